The molecule has 1 fully saturated rings. The van der Waals surface area contributed by atoms with Crippen LogP contribution in [0.4, 0.5) is 18.9 Å². The van der Waals surface area contributed by atoms with E-state index in [9.17, 15) is 18.0 Å². The maximum absolute atomic E-state index is 14.8. The van der Waals surface area contributed by atoms with Gasteiger partial charge in [0.05, 0.1) is 0 Å². The van der Waals surface area contributed by atoms with E-state index in [-0.39, 0.29) is 30.3 Å². The minimum Gasteiger partial charge on any atom is -0.483 e. The van der Waals surface area contributed by atoms with Crippen molar-refractivity contribution in [2.24, 2.45) is 16.6 Å². The number of nitrogens with one attached hydrogen (secondary N) is 1. The number of amides is 1. The Morgan fingerprint density at radius 2 is 2.03 bits per heavy atom. The van der Waals surface area contributed by atoms with Gasteiger partial charge in [0.2, 0.25) is 0 Å². The number of hydrogen-bond acceptors (Lipinski definition) is 6. The molecule has 8 nitrogen and oxygen atoms in total. The number of aliphatic imine (C=N–C) groups is 1. The number of anilines is 1. The smallest absolute Gasteiger partial charge is 0.299 e. The minimum absolute atomic E-state index is 0.106. The van der Waals surface area contributed by atoms with Crippen LogP contribution < -0.4 is 11.1 Å². The van der Waals surface area contributed by atoms with E-state index in [4.69, 9.17) is 20.4 Å². The largest absolute Gasteiger partial charge is 0.483 e. The van der Waals surface area contributed by atoms with E-state index in [2.05, 4.69) is 27.1 Å². The quantitative estimate of drug-likeness (QED) is 0.450. The van der Waals surface area contributed by atoms with E-state index in [1.807, 2.05) is 0 Å². The third-order valence-corrected chi connectivity index (χ3v) is 5.36. The van der Waals surface area contributed by atoms with E-state index in [0.717, 1.165) is 31.9 Å². The summed E-state index contributed by atoms with van der Waals surface area (Å²) in [6.07, 6.45) is 3.71. The summed E-state index contributed by atoms with van der Waals surface area (Å²) in [5.74, 6) is 1.37. The average Bonchev–Trinajstić information content (AvgIpc) is 3.64. The van der Waals surface area contributed by atoms with Gasteiger partial charge in [-0.1, -0.05) is 11.8 Å². The molecule has 4 N–H and O–H groups in total. The Kier molecular flexibility index (Phi) is 7.76. The molecule has 2 heterocycles. The molecule has 0 saturated heterocycles. The van der Waals surface area contributed by atoms with E-state index in [1.165, 1.54) is 18.3 Å². The second kappa shape index (κ2) is 10.6. The van der Waals surface area contributed by atoms with Crippen LogP contribution in [-0.2, 0) is 15.1 Å². The third kappa shape index (κ3) is 6.16. The number of carboxylic acid groups (broad SMARTS) is 1. The number of pyridine rings is 1. The van der Waals surface area contributed by atoms with Crippen molar-refractivity contribution in [1.29, 1.82) is 0 Å². The molecule has 1 saturated carbocycles. The Balaban J connectivity index is 0.00000108. The highest BCUT2D eigenvalue weighted by atomic mass is 19.3. The number of halogens is 3. The summed E-state index contributed by atoms with van der Waals surface area (Å²) >= 11 is 0. The number of alkyl halides is 2. The number of benzene rings is 1. The van der Waals surface area contributed by atoms with Crippen molar-refractivity contribution < 1.29 is 32.6 Å². The van der Waals surface area contributed by atoms with Gasteiger partial charge < -0.3 is 20.9 Å². The molecule has 1 amide bonds. The molecule has 35 heavy (non-hydrogen) atoms. The number of aromatic nitrogens is 1. The Hall–Kier alpha value is -3.91. The summed E-state index contributed by atoms with van der Waals surface area (Å²) in [6.45, 7) is -0.416. The Morgan fingerprint density at radius 3 is 2.66 bits per heavy atom. The van der Waals surface area contributed by atoms with Crippen LogP contribution in [0.3, 0.4) is 0 Å². The van der Waals surface area contributed by atoms with Crippen LogP contribution in [0.1, 0.15) is 41.4 Å². The van der Waals surface area contributed by atoms with Gasteiger partial charge in [-0.15, -0.1) is 0 Å². The number of rotatable bonds is 3. The molecule has 1 aromatic heterocycles. The lowest BCUT2D eigenvalue weighted by molar-refractivity contribution is -0.122. The first-order chi connectivity index (χ1) is 16.6. The van der Waals surface area contributed by atoms with Gasteiger partial charge in [-0.05, 0) is 50.1 Å². The van der Waals surface area contributed by atoms with Crippen molar-refractivity contribution in [2.45, 2.75) is 31.2 Å². The molecule has 1 aliphatic heterocycles. The van der Waals surface area contributed by atoms with Crippen LogP contribution >= 0.6 is 0 Å². The number of carbonyl (C=O) groups excluding carboxylic acids is 1. The standard InChI is InChI=1S/C23H21F3N4O2.CH2O2/c1-22(23(25,26)13-32-12-20(27)30-22)17-10-16(7-8-18(17)24)29-21(31)19-9-6-15(11-28-19)5-4-14-2-3-14;2-1-3/h6-11,14H,2-3,12-13H2,1H3,(H2,27,30)(H,29,31);1H,(H,2,3). The summed E-state index contributed by atoms with van der Waals surface area (Å²) < 4.78 is 49.1. The number of nitrogens with two attached hydrogens (primary N) is 1. The highest BCUT2D eigenvalue weighted by molar-refractivity contribution is 6.02. The lowest BCUT2D eigenvalue weighted by Crippen LogP contribution is -2.45. The summed E-state index contributed by atoms with van der Waals surface area (Å²) in [4.78, 5) is 28.9. The van der Waals surface area contributed by atoms with Crippen LogP contribution in [0.25, 0.3) is 0 Å². The number of ether oxygens (including phenoxy) is 1. The van der Waals surface area contributed by atoms with Gasteiger partial charge in [0.1, 0.15) is 30.6 Å². The second-order valence-electron chi connectivity index (χ2n) is 8.10. The van der Waals surface area contributed by atoms with Gasteiger partial charge in [0.15, 0.2) is 5.54 Å². The van der Waals surface area contributed by atoms with Crippen molar-refractivity contribution in [3.05, 3.63) is 59.2 Å². The molecule has 2 aliphatic rings. The van der Waals surface area contributed by atoms with Crippen molar-refractivity contribution >= 4 is 23.9 Å². The zero-order valence-corrected chi connectivity index (χ0v) is 18.7. The zero-order valence-electron chi connectivity index (χ0n) is 18.7. The lowest BCUT2D eigenvalue weighted by Gasteiger charge is -2.33. The third-order valence-electron chi connectivity index (χ3n) is 5.36. The molecule has 184 valence electrons. The fourth-order valence-electron chi connectivity index (χ4n) is 3.27. The molecule has 0 radical (unpaired) electrons. The molecule has 11 heteroatoms. The van der Waals surface area contributed by atoms with Crippen LogP contribution in [-0.4, -0.2) is 47.4 Å². The predicted molar refractivity (Wildman–Crippen MR) is 122 cm³/mol. The average molecular weight is 488 g/mol. The maximum Gasteiger partial charge on any atom is 0.299 e. The zero-order chi connectivity index (χ0) is 25.6. The molecular weight excluding hydrogens is 465 g/mol. The van der Waals surface area contributed by atoms with Crippen LogP contribution in [0, 0.1) is 23.6 Å². The highest BCUT2D eigenvalue weighted by Crippen LogP contribution is 2.44. The number of nitrogens with zero attached hydrogens (tertiary/aromatic N) is 2. The Bertz CT molecular complexity index is 1190. The highest BCUT2D eigenvalue weighted by Gasteiger charge is 2.54. The van der Waals surface area contributed by atoms with Crippen molar-refractivity contribution in [3.63, 3.8) is 0 Å². The SMILES string of the molecule is CC1(c2cc(NC(=O)c3ccc(C#CC4CC4)cn3)ccc2F)N=C(N)COCC1(F)F.O=CO. The molecule has 1 aromatic carbocycles. The Labute approximate surface area is 199 Å². The maximum atomic E-state index is 14.8. The van der Waals surface area contributed by atoms with Crippen LogP contribution in [0.5, 0.6) is 0 Å². The molecule has 4 rings (SSSR count). The summed E-state index contributed by atoms with van der Waals surface area (Å²) in [6, 6.07) is 6.58. The van der Waals surface area contributed by atoms with Crippen LogP contribution in [0.15, 0.2) is 41.5 Å². The van der Waals surface area contributed by atoms with Gasteiger partial charge >= 0.3 is 0 Å². The fraction of sp³-hybridized carbons (Fsp3) is 0.333. The molecule has 1 aliphatic carbocycles. The van der Waals surface area contributed by atoms with Gasteiger partial charge in [-0.25, -0.2) is 18.2 Å². The van der Waals surface area contributed by atoms with Crippen molar-refractivity contribution in [1.82, 2.24) is 4.98 Å². The minimum atomic E-state index is -3.53. The topological polar surface area (TPSA) is 127 Å². The van der Waals surface area contributed by atoms with E-state index in [0.29, 0.717) is 11.5 Å². The number of hydrogen-bond donors (Lipinski definition) is 3. The first kappa shape index (κ1) is 25.7. The molecule has 0 spiro atoms. The van der Waals surface area contributed by atoms with Crippen LogP contribution in [0.2, 0.25) is 0 Å². The summed E-state index contributed by atoms with van der Waals surface area (Å²) in [5.41, 5.74) is 3.84. The van der Waals surface area contributed by atoms with E-state index >= 15 is 0 Å². The molecule has 2 aromatic rings. The molecule has 1 unspecified atom stereocenters. The van der Waals surface area contributed by atoms with Gasteiger partial charge in [0, 0.05) is 28.9 Å². The summed E-state index contributed by atoms with van der Waals surface area (Å²) in [5, 5.41) is 9.44. The van der Waals surface area contributed by atoms with E-state index < -0.39 is 35.4 Å². The van der Waals surface area contributed by atoms with E-state index in [1.54, 1.807) is 6.07 Å². The number of carbonyl (C=O) groups is 2. The second-order valence-corrected chi connectivity index (χ2v) is 8.10. The first-order valence-electron chi connectivity index (χ1n) is 10.6. The normalized spacial score (nSPS) is 20.6. The first-order valence-corrected chi connectivity index (χ1v) is 10.6. The molecule has 0 bridgehead atoms. The molecule has 1 atom stereocenters. The van der Waals surface area contributed by atoms with Gasteiger partial charge in [-0.2, -0.15) is 0 Å². The Morgan fingerprint density at radius 1 is 1.31 bits per heavy atom. The lowest BCUT2D eigenvalue weighted by atomic mass is 9.85. The van der Waals surface area contributed by atoms with Gasteiger partial charge in [0.25, 0.3) is 18.3 Å². The van der Waals surface area contributed by atoms with Gasteiger partial charge in [-0.3, -0.25) is 14.6 Å². The van der Waals surface area contributed by atoms with Crippen molar-refractivity contribution in [2.75, 3.05) is 18.5 Å². The fourth-order valence-corrected chi connectivity index (χ4v) is 3.27. The predicted octanol–water partition coefficient (Wildman–Crippen LogP) is 3.17. The monoisotopic (exact) mass is 488 g/mol. The summed E-state index contributed by atoms with van der Waals surface area (Å²) in [7, 11) is 0. The molecular formula is C24H23F3N4O4. The van der Waals surface area contributed by atoms with Crippen molar-refractivity contribution in [3.8, 4) is 11.8 Å². The number of amidine groups is 1.